The van der Waals surface area contributed by atoms with Crippen molar-refractivity contribution in [3.63, 3.8) is 0 Å². The molecule has 0 radical (unpaired) electrons. The highest BCUT2D eigenvalue weighted by Gasteiger charge is 2.34. The van der Waals surface area contributed by atoms with E-state index in [0.717, 1.165) is 6.42 Å². The third kappa shape index (κ3) is 1.44. The first-order chi connectivity index (χ1) is 6.70. The van der Waals surface area contributed by atoms with E-state index in [9.17, 15) is 4.79 Å². The first-order valence-corrected chi connectivity index (χ1v) is 4.80. The van der Waals surface area contributed by atoms with Crippen LogP contribution in [0.3, 0.4) is 0 Å². The minimum Gasteiger partial charge on any atom is -0.365 e. The standard InChI is InChI=1S/C11H12N2O/c12-6-10(11(13)14)5-9-4-7-1-2-8(9)3-7/h1-2,5,7-9H,3-4H2,(H2,13,14)/b10-5+/t7-,8-,9+/m0/s1. The van der Waals surface area contributed by atoms with Crippen LogP contribution < -0.4 is 5.73 Å². The highest BCUT2D eigenvalue weighted by Crippen LogP contribution is 2.44. The maximum absolute atomic E-state index is 10.8. The Bertz CT molecular complexity index is 362. The summed E-state index contributed by atoms with van der Waals surface area (Å²) in [6.07, 6.45) is 8.38. The second kappa shape index (κ2) is 3.30. The van der Waals surface area contributed by atoms with E-state index in [4.69, 9.17) is 11.0 Å². The van der Waals surface area contributed by atoms with Gasteiger partial charge in [-0.3, -0.25) is 4.79 Å². The number of fused-ring (bicyclic) bond motifs is 2. The zero-order valence-electron chi connectivity index (χ0n) is 7.81. The van der Waals surface area contributed by atoms with Crippen molar-refractivity contribution in [2.45, 2.75) is 12.8 Å². The van der Waals surface area contributed by atoms with Crippen LogP contribution in [0.5, 0.6) is 0 Å². The third-order valence-electron chi connectivity index (χ3n) is 3.10. The number of carbonyl (C=O) groups excluding carboxylic acids is 1. The van der Waals surface area contributed by atoms with E-state index < -0.39 is 5.91 Å². The second-order valence-corrected chi connectivity index (χ2v) is 4.00. The molecule has 0 aromatic carbocycles. The molecule has 0 saturated heterocycles. The maximum atomic E-state index is 10.8. The molecule has 0 aromatic rings. The summed E-state index contributed by atoms with van der Waals surface area (Å²) in [6.45, 7) is 0. The molecule has 14 heavy (non-hydrogen) atoms. The summed E-state index contributed by atoms with van der Waals surface area (Å²) < 4.78 is 0. The molecule has 0 heterocycles. The lowest BCUT2D eigenvalue weighted by molar-refractivity contribution is -0.114. The topological polar surface area (TPSA) is 66.9 Å². The van der Waals surface area contributed by atoms with E-state index in [1.54, 1.807) is 6.08 Å². The summed E-state index contributed by atoms with van der Waals surface area (Å²) in [5.41, 5.74) is 5.18. The molecule has 1 amide bonds. The van der Waals surface area contributed by atoms with Gasteiger partial charge in [-0.25, -0.2) is 0 Å². The predicted octanol–water partition coefficient (Wildman–Crippen LogP) is 1.13. The molecule has 2 aliphatic rings. The van der Waals surface area contributed by atoms with Gasteiger partial charge < -0.3 is 5.73 Å². The smallest absolute Gasteiger partial charge is 0.259 e. The van der Waals surface area contributed by atoms with Crippen molar-refractivity contribution < 1.29 is 4.79 Å². The lowest BCUT2D eigenvalue weighted by Gasteiger charge is -2.13. The van der Waals surface area contributed by atoms with Gasteiger partial charge in [0.1, 0.15) is 11.6 Å². The van der Waals surface area contributed by atoms with Gasteiger partial charge in [0.15, 0.2) is 0 Å². The van der Waals surface area contributed by atoms with Crippen LogP contribution in [-0.4, -0.2) is 5.91 Å². The predicted molar refractivity (Wildman–Crippen MR) is 51.7 cm³/mol. The molecule has 3 heteroatoms. The number of nitrogens with zero attached hydrogens (tertiary/aromatic N) is 1. The Morgan fingerprint density at radius 1 is 1.50 bits per heavy atom. The Morgan fingerprint density at radius 2 is 2.29 bits per heavy atom. The number of carbonyl (C=O) groups is 1. The van der Waals surface area contributed by atoms with E-state index in [-0.39, 0.29) is 5.57 Å². The quantitative estimate of drug-likeness (QED) is 0.401. The fraction of sp³-hybridized carbons (Fsp3) is 0.455. The Kier molecular flexibility index (Phi) is 2.12. The first kappa shape index (κ1) is 9.01. The van der Waals surface area contributed by atoms with Crippen LogP contribution in [0.1, 0.15) is 12.8 Å². The SMILES string of the molecule is N#C/C(=C\[C@H]1C[C@H]2C=C[C@H]1C2)C(N)=O. The summed E-state index contributed by atoms with van der Waals surface area (Å²) in [4.78, 5) is 10.8. The van der Waals surface area contributed by atoms with E-state index in [1.165, 1.54) is 6.42 Å². The largest absolute Gasteiger partial charge is 0.365 e. The fourth-order valence-corrected chi connectivity index (χ4v) is 2.40. The molecular formula is C11H12N2O. The molecule has 0 spiro atoms. The number of nitriles is 1. The Morgan fingerprint density at radius 3 is 2.71 bits per heavy atom. The molecule has 2 rings (SSSR count). The fourth-order valence-electron chi connectivity index (χ4n) is 2.40. The van der Waals surface area contributed by atoms with Gasteiger partial charge in [0.2, 0.25) is 0 Å². The summed E-state index contributed by atoms with van der Waals surface area (Å²) in [5.74, 6) is 0.892. The second-order valence-electron chi connectivity index (χ2n) is 4.00. The first-order valence-electron chi connectivity index (χ1n) is 4.80. The van der Waals surface area contributed by atoms with Gasteiger partial charge >= 0.3 is 0 Å². The van der Waals surface area contributed by atoms with E-state index in [1.807, 2.05) is 6.07 Å². The number of nitrogens with two attached hydrogens (primary N) is 1. The van der Waals surface area contributed by atoms with Gasteiger partial charge in [0.05, 0.1) is 0 Å². The molecule has 1 saturated carbocycles. The lowest BCUT2D eigenvalue weighted by Crippen LogP contribution is -2.15. The normalized spacial score (nSPS) is 34.5. The van der Waals surface area contributed by atoms with Crippen LogP contribution in [-0.2, 0) is 4.79 Å². The van der Waals surface area contributed by atoms with Crippen LogP contribution in [0.25, 0.3) is 0 Å². The monoisotopic (exact) mass is 188 g/mol. The van der Waals surface area contributed by atoms with E-state index >= 15 is 0 Å². The molecule has 3 nitrogen and oxygen atoms in total. The molecule has 2 N–H and O–H groups in total. The van der Waals surface area contributed by atoms with Crippen molar-refractivity contribution in [3.8, 4) is 6.07 Å². The zero-order valence-corrected chi connectivity index (χ0v) is 7.81. The highest BCUT2D eigenvalue weighted by molar-refractivity contribution is 5.95. The third-order valence-corrected chi connectivity index (χ3v) is 3.10. The van der Waals surface area contributed by atoms with Crippen LogP contribution in [0.2, 0.25) is 0 Å². The molecule has 0 unspecified atom stereocenters. The lowest BCUT2D eigenvalue weighted by atomic mass is 9.91. The average Bonchev–Trinajstić information content (AvgIpc) is 2.74. The van der Waals surface area contributed by atoms with E-state index in [0.29, 0.717) is 17.8 Å². The van der Waals surface area contributed by atoms with Crippen molar-refractivity contribution in [1.82, 2.24) is 0 Å². The van der Waals surface area contributed by atoms with Crippen molar-refractivity contribution in [1.29, 1.82) is 5.26 Å². The number of amides is 1. The average molecular weight is 188 g/mol. The van der Waals surface area contributed by atoms with E-state index in [2.05, 4.69) is 12.2 Å². The molecule has 2 aliphatic carbocycles. The van der Waals surface area contributed by atoms with Crippen molar-refractivity contribution in [2.75, 3.05) is 0 Å². The number of rotatable bonds is 2. The van der Waals surface area contributed by atoms with Gasteiger partial charge in [0, 0.05) is 0 Å². The van der Waals surface area contributed by atoms with Crippen molar-refractivity contribution in [2.24, 2.45) is 23.5 Å². The zero-order chi connectivity index (χ0) is 10.1. The van der Waals surface area contributed by atoms with Crippen LogP contribution in [0.15, 0.2) is 23.8 Å². The number of hydrogen-bond donors (Lipinski definition) is 1. The maximum Gasteiger partial charge on any atom is 0.259 e. The molecular weight excluding hydrogens is 176 g/mol. The van der Waals surface area contributed by atoms with Crippen LogP contribution >= 0.6 is 0 Å². The van der Waals surface area contributed by atoms with Gasteiger partial charge in [0.25, 0.3) is 5.91 Å². The summed E-state index contributed by atoms with van der Waals surface area (Å²) >= 11 is 0. The molecule has 3 atom stereocenters. The van der Waals surface area contributed by atoms with Gasteiger partial charge in [-0.2, -0.15) is 5.26 Å². The minimum absolute atomic E-state index is 0.107. The van der Waals surface area contributed by atoms with Crippen molar-refractivity contribution in [3.05, 3.63) is 23.8 Å². The Hall–Kier alpha value is -1.56. The summed E-state index contributed by atoms with van der Waals surface area (Å²) in [7, 11) is 0. The van der Waals surface area contributed by atoms with Crippen LogP contribution in [0.4, 0.5) is 0 Å². The number of primary amides is 1. The summed E-state index contributed by atoms with van der Waals surface area (Å²) in [5, 5.41) is 8.69. The number of hydrogen-bond acceptors (Lipinski definition) is 2. The molecule has 72 valence electrons. The summed E-state index contributed by atoms with van der Waals surface area (Å²) in [6, 6.07) is 1.85. The van der Waals surface area contributed by atoms with Crippen LogP contribution in [0, 0.1) is 29.1 Å². The molecule has 1 fully saturated rings. The Labute approximate surface area is 82.9 Å². The van der Waals surface area contributed by atoms with Gasteiger partial charge in [-0.05, 0) is 30.6 Å². The molecule has 0 aromatic heterocycles. The highest BCUT2D eigenvalue weighted by atomic mass is 16.1. The van der Waals surface area contributed by atoms with Gasteiger partial charge in [-0.1, -0.05) is 18.2 Å². The minimum atomic E-state index is -0.612. The molecule has 2 bridgehead atoms. The molecule has 0 aliphatic heterocycles. The van der Waals surface area contributed by atoms with Crippen molar-refractivity contribution >= 4 is 5.91 Å². The Balaban J connectivity index is 2.15. The number of allylic oxidation sites excluding steroid dienone is 3. The van der Waals surface area contributed by atoms with Gasteiger partial charge in [-0.15, -0.1) is 0 Å².